The number of nitrogens with zero attached hydrogens (tertiary/aromatic N) is 1. The van der Waals surface area contributed by atoms with Gasteiger partial charge in [-0.3, -0.25) is 9.10 Å². The van der Waals surface area contributed by atoms with E-state index >= 15 is 0 Å². The molecular weight excluding hydrogens is 508 g/mol. The second-order valence-corrected chi connectivity index (χ2v) is 9.87. The normalized spacial score (nSPS) is 10.9. The first-order valence-corrected chi connectivity index (χ1v) is 12.5. The summed E-state index contributed by atoms with van der Waals surface area (Å²) in [6.07, 6.45) is 0. The van der Waals surface area contributed by atoms with Gasteiger partial charge in [-0.25, -0.2) is 8.42 Å². The van der Waals surface area contributed by atoms with E-state index in [4.69, 9.17) is 30.5 Å². The van der Waals surface area contributed by atoms with Gasteiger partial charge in [-0.1, -0.05) is 11.6 Å². The number of rotatable bonds is 10. The highest BCUT2D eigenvalue weighted by Crippen LogP contribution is 2.37. The van der Waals surface area contributed by atoms with Gasteiger partial charge in [0.15, 0.2) is 11.5 Å². The van der Waals surface area contributed by atoms with Gasteiger partial charge >= 0.3 is 0 Å². The molecule has 192 valence electrons. The van der Waals surface area contributed by atoms with Crippen LogP contribution in [0.25, 0.3) is 0 Å². The number of nitrogens with one attached hydrogen (secondary N) is 1. The number of benzene rings is 3. The molecule has 0 saturated heterocycles. The smallest absolute Gasteiger partial charge is 0.265 e. The van der Waals surface area contributed by atoms with E-state index in [2.05, 4.69) is 5.32 Å². The summed E-state index contributed by atoms with van der Waals surface area (Å²) in [6.45, 7) is 1.23. The number of sulfonamides is 1. The zero-order valence-corrected chi connectivity index (χ0v) is 22.1. The lowest BCUT2D eigenvalue weighted by Crippen LogP contribution is -2.38. The van der Waals surface area contributed by atoms with E-state index in [1.165, 1.54) is 52.7 Å². The second-order valence-electron chi connectivity index (χ2n) is 7.57. The zero-order chi connectivity index (χ0) is 26.5. The molecule has 0 atom stereocenters. The second kappa shape index (κ2) is 11.4. The van der Waals surface area contributed by atoms with Crippen LogP contribution < -0.4 is 28.6 Å². The van der Waals surface area contributed by atoms with Crippen molar-refractivity contribution in [1.29, 1.82) is 0 Å². The van der Waals surface area contributed by atoms with Crippen molar-refractivity contribution in [1.82, 2.24) is 0 Å². The molecule has 1 amide bonds. The van der Waals surface area contributed by atoms with E-state index in [0.29, 0.717) is 22.2 Å². The number of ether oxygens (including phenoxy) is 4. The van der Waals surface area contributed by atoms with Gasteiger partial charge in [0.25, 0.3) is 10.0 Å². The Bertz CT molecular complexity index is 1360. The fourth-order valence-electron chi connectivity index (χ4n) is 3.48. The first kappa shape index (κ1) is 27.0. The highest BCUT2D eigenvalue weighted by molar-refractivity contribution is 7.92. The number of methoxy groups -OCH3 is 4. The average Bonchev–Trinajstić information content (AvgIpc) is 2.87. The van der Waals surface area contributed by atoms with Crippen molar-refractivity contribution in [3.63, 3.8) is 0 Å². The summed E-state index contributed by atoms with van der Waals surface area (Å²) in [4.78, 5) is 13.0. The van der Waals surface area contributed by atoms with Crippen LogP contribution in [-0.2, 0) is 14.8 Å². The summed E-state index contributed by atoms with van der Waals surface area (Å²) in [5, 5.41) is 3.27. The molecule has 0 spiro atoms. The molecule has 3 aromatic rings. The SMILES string of the molecule is COc1ccc(OC)c(N(CC(=O)Nc2ccc(Cl)cc2C)S(=O)(=O)c2ccc(OC)c(OC)c2)c1. The molecule has 3 rings (SSSR count). The molecule has 9 nitrogen and oxygen atoms in total. The number of carbonyl (C=O) groups is 1. The number of aryl methyl sites for hydroxylation is 1. The first-order chi connectivity index (χ1) is 17.1. The molecule has 0 heterocycles. The highest BCUT2D eigenvalue weighted by atomic mass is 35.5. The fourth-order valence-corrected chi connectivity index (χ4v) is 5.15. The molecule has 0 radical (unpaired) electrons. The predicted molar refractivity (Wildman–Crippen MR) is 138 cm³/mol. The Labute approximate surface area is 215 Å². The third kappa shape index (κ3) is 5.77. The maximum absolute atomic E-state index is 13.9. The Hall–Kier alpha value is -3.63. The number of amides is 1. The zero-order valence-electron chi connectivity index (χ0n) is 20.5. The molecule has 0 bridgehead atoms. The Balaban J connectivity index is 2.10. The first-order valence-electron chi connectivity index (χ1n) is 10.7. The van der Waals surface area contributed by atoms with Crippen molar-refractivity contribution in [2.75, 3.05) is 44.6 Å². The summed E-state index contributed by atoms with van der Waals surface area (Å²) < 4.78 is 50.0. The monoisotopic (exact) mass is 534 g/mol. The molecule has 3 aromatic carbocycles. The van der Waals surface area contributed by atoms with Crippen LogP contribution >= 0.6 is 11.6 Å². The van der Waals surface area contributed by atoms with Gasteiger partial charge in [-0.05, 0) is 55.0 Å². The van der Waals surface area contributed by atoms with Gasteiger partial charge in [0.05, 0.1) is 39.0 Å². The minimum absolute atomic E-state index is 0.111. The molecule has 0 saturated carbocycles. The fraction of sp³-hybridized carbons (Fsp3) is 0.240. The van der Waals surface area contributed by atoms with Crippen LogP contribution in [0.2, 0.25) is 5.02 Å². The summed E-state index contributed by atoms with van der Waals surface area (Å²) in [5.74, 6) is 0.618. The van der Waals surface area contributed by atoms with Crippen molar-refractivity contribution < 1.29 is 32.2 Å². The number of hydrogen-bond acceptors (Lipinski definition) is 7. The Morgan fingerprint density at radius 3 is 2.14 bits per heavy atom. The molecule has 11 heteroatoms. The van der Waals surface area contributed by atoms with Crippen LogP contribution in [0, 0.1) is 6.92 Å². The van der Waals surface area contributed by atoms with E-state index in [1.54, 1.807) is 37.3 Å². The number of carbonyl (C=O) groups excluding carboxylic acids is 1. The number of hydrogen-bond donors (Lipinski definition) is 1. The summed E-state index contributed by atoms with van der Waals surface area (Å²) in [7, 11) is 1.42. The summed E-state index contributed by atoms with van der Waals surface area (Å²) in [6, 6.07) is 13.8. The minimum atomic E-state index is -4.29. The van der Waals surface area contributed by atoms with Crippen LogP contribution in [-0.4, -0.2) is 49.3 Å². The molecule has 0 aliphatic heterocycles. The summed E-state index contributed by atoms with van der Waals surface area (Å²) in [5.41, 5.74) is 1.35. The maximum atomic E-state index is 13.9. The predicted octanol–water partition coefficient (Wildman–Crippen LogP) is 4.52. The molecular formula is C25H27ClN2O7S. The van der Waals surface area contributed by atoms with E-state index in [9.17, 15) is 13.2 Å². The molecule has 0 aliphatic rings. The van der Waals surface area contributed by atoms with Crippen molar-refractivity contribution >= 4 is 38.9 Å². The number of halogens is 1. The van der Waals surface area contributed by atoms with Gasteiger partial charge in [0.2, 0.25) is 5.91 Å². The van der Waals surface area contributed by atoms with E-state index in [0.717, 1.165) is 9.87 Å². The maximum Gasteiger partial charge on any atom is 0.265 e. The number of anilines is 2. The van der Waals surface area contributed by atoms with Crippen LogP contribution in [0.15, 0.2) is 59.5 Å². The van der Waals surface area contributed by atoms with Gasteiger partial charge < -0.3 is 24.3 Å². The molecule has 0 fully saturated rings. The van der Waals surface area contributed by atoms with Crippen LogP contribution in [0.3, 0.4) is 0 Å². The minimum Gasteiger partial charge on any atom is -0.497 e. The van der Waals surface area contributed by atoms with Gasteiger partial charge in [0, 0.05) is 22.8 Å². The van der Waals surface area contributed by atoms with Gasteiger partial charge in [-0.2, -0.15) is 0 Å². The molecule has 0 aliphatic carbocycles. The van der Waals surface area contributed by atoms with Crippen molar-refractivity contribution in [2.24, 2.45) is 0 Å². The van der Waals surface area contributed by atoms with Crippen LogP contribution in [0.1, 0.15) is 5.56 Å². The van der Waals surface area contributed by atoms with E-state index in [-0.39, 0.29) is 22.1 Å². The Kier molecular flexibility index (Phi) is 8.54. The lowest BCUT2D eigenvalue weighted by molar-refractivity contribution is -0.114. The van der Waals surface area contributed by atoms with Gasteiger partial charge in [-0.15, -0.1) is 0 Å². The van der Waals surface area contributed by atoms with Crippen molar-refractivity contribution in [3.8, 4) is 23.0 Å². The third-order valence-electron chi connectivity index (χ3n) is 5.35. The van der Waals surface area contributed by atoms with Crippen molar-refractivity contribution in [2.45, 2.75) is 11.8 Å². The highest BCUT2D eigenvalue weighted by Gasteiger charge is 2.31. The van der Waals surface area contributed by atoms with Crippen LogP contribution in [0.4, 0.5) is 11.4 Å². The van der Waals surface area contributed by atoms with E-state index < -0.39 is 22.5 Å². The quantitative estimate of drug-likeness (QED) is 0.408. The Morgan fingerprint density at radius 2 is 1.53 bits per heavy atom. The Morgan fingerprint density at radius 1 is 0.861 bits per heavy atom. The lowest BCUT2D eigenvalue weighted by atomic mass is 10.2. The third-order valence-corrected chi connectivity index (χ3v) is 7.34. The lowest BCUT2D eigenvalue weighted by Gasteiger charge is -2.26. The molecule has 0 unspecified atom stereocenters. The largest absolute Gasteiger partial charge is 0.497 e. The van der Waals surface area contributed by atoms with Gasteiger partial charge in [0.1, 0.15) is 18.0 Å². The molecule has 0 aromatic heterocycles. The van der Waals surface area contributed by atoms with Crippen LogP contribution in [0.5, 0.6) is 23.0 Å². The molecule has 1 N–H and O–H groups in total. The molecule has 36 heavy (non-hydrogen) atoms. The van der Waals surface area contributed by atoms with E-state index in [1.807, 2.05) is 0 Å². The average molecular weight is 535 g/mol. The summed E-state index contributed by atoms with van der Waals surface area (Å²) >= 11 is 6.01. The van der Waals surface area contributed by atoms with Crippen molar-refractivity contribution in [3.05, 3.63) is 65.2 Å². The topological polar surface area (TPSA) is 103 Å². The standard InChI is InChI=1S/C25H27ClN2O7S/c1-16-12-17(26)6-9-20(16)27-25(29)15-28(21-13-18(32-2)7-10-22(21)33-3)36(30,31)19-8-11-23(34-4)24(14-19)35-5/h6-14H,15H2,1-5H3,(H,27,29).